The fraction of sp³-hybridized carbons (Fsp3) is 0.500. The average molecular weight is 324 g/mol. The molecule has 0 spiro atoms. The van der Waals surface area contributed by atoms with Crippen LogP contribution in [-0.2, 0) is 0 Å². The van der Waals surface area contributed by atoms with Gasteiger partial charge in [0.15, 0.2) is 0 Å². The van der Waals surface area contributed by atoms with Crippen LogP contribution in [0.15, 0.2) is 22.7 Å². The molecule has 0 radical (unpaired) electrons. The summed E-state index contributed by atoms with van der Waals surface area (Å²) in [6, 6.07) is 5.67. The SMILES string of the molecule is [NH3+]CC[NH2+]CCCCOc1ccc(Br)cc1Cl. The van der Waals surface area contributed by atoms with E-state index in [1.807, 2.05) is 18.2 Å². The molecule has 0 aliphatic heterocycles. The fourth-order valence-corrected chi connectivity index (χ4v) is 2.18. The molecule has 1 aromatic carbocycles. The summed E-state index contributed by atoms with van der Waals surface area (Å²) in [5.74, 6) is 0.761. The smallest absolute Gasteiger partial charge is 0.137 e. The number of unbranched alkanes of at least 4 members (excludes halogenated alkanes) is 1. The van der Waals surface area contributed by atoms with Crippen LogP contribution in [0.5, 0.6) is 5.75 Å². The lowest BCUT2D eigenvalue weighted by molar-refractivity contribution is -0.670. The Hall–Kier alpha value is -0.290. The molecule has 0 unspecified atom stereocenters. The standard InChI is InChI=1S/C12H18BrClN2O/c13-10-3-4-12(11(14)9-10)17-8-2-1-6-16-7-5-15/h3-4,9,16H,1-2,5-8,15H2/p+2. The lowest BCUT2D eigenvalue weighted by Gasteiger charge is -2.07. The Morgan fingerprint density at radius 2 is 2.12 bits per heavy atom. The van der Waals surface area contributed by atoms with Gasteiger partial charge in [-0.2, -0.15) is 0 Å². The van der Waals surface area contributed by atoms with Crippen LogP contribution < -0.4 is 15.8 Å². The molecular weight excluding hydrogens is 304 g/mol. The molecule has 5 N–H and O–H groups in total. The van der Waals surface area contributed by atoms with Crippen LogP contribution in [0.25, 0.3) is 0 Å². The van der Waals surface area contributed by atoms with Crippen LogP contribution >= 0.6 is 27.5 Å². The van der Waals surface area contributed by atoms with E-state index < -0.39 is 0 Å². The van der Waals surface area contributed by atoms with Crippen molar-refractivity contribution in [3.63, 3.8) is 0 Å². The van der Waals surface area contributed by atoms with E-state index in [9.17, 15) is 0 Å². The van der Waals surface area contributed by atoms with Crippen molar-refractivity contribution in [2.24, 2.45) is 0 Å². The van der Waals surface area contributed by atoms with Gasteiger partial charge < -0.3 is 15.8 Å². The highest BCUT2D eigenvalue weighted by molar-refractivity contribution is 9.10. The maximum Gasteiger partial charge on any atom is 0.137 e. The molecule has 0 aliphatic carbocycles. The maximum atomic E-state index is 6.04. The van der Waals surface area contributed by atoms with Crippen molar-refractivity contribution in [3.05, 3.63) is 27.7 Å². The summed E-state index contributed by atoms with van der Waals surface area (Å²) in [7, 11) is 0. The molecule has 0 heterocycles. The van der Waals surface area contributed by atoms with Gasteiger partial charge in [0.25, 0.3) is 0 Å². The quantitative estimate of drug-likeness (QED) is 0.691. The second-order valence-electron chi connectivity index (χ2n) is 3.85. The van der Waals surface area contributed by atoms with Gasteiger partial charge in [-0.25, -0.2) is 0 Å². The number of rotatable bonds is 8. The van der Waals surface area contributed by atoms with Gasteiger partial charge in [0.05, 0.1) is 18.2 Å². The molecule has 0 aliphatic rings. The van der Waals surface area contributed by atoms with Crippen molar-refractivity contribution < 1.29 is 15.8 Å². The topological polar surface area (TPSA) is 53.5 Å². The predicted molar refractivity (Wildman–Crippen MR) is 73.3 cm³/mol. The van der Waals surface area contributed by atoms with Crippen LogP contribution in [0.3, 0.4) is 0 Å². The van der Waals surface area contributed by atoms with Crippen LogP contribution in [-0.4, -0.2) is 26.2 Å². The number of quaternary nitrogens is 2. The lowest BCUT2D eigenvalue weighted by atomic mass is 10.3. The van der Waals surface area contributed by atoms with E-state index in [-0.39, 0.29) is 0 Å². The molecule has 3 nitrogen and oxygen atoms in total. The van der Waals surface area contributed by atoms with Crippen molar-refractivity contribution in [3.8, 4) is 5.75 Å². The third kappa shape index (κ3) is 6.27. The summed E-state index contributed by atoms with van der Waals surface area (Å²) in [5, 5.41) is 2.95. The molecule has 1 aromatic rings. The summed E-state index contributed by atoms with van der Waals surface area (Å²) in [5.41, 5.74) is 3.80. The van der Waals surface area contributed by atoms with E-state index in [1.54, 1.807) is 0 Å². The molecular formula is C12H20BrClN2O+2. The molecule has 0 bridgehead atoms. The second-order valence-corrected chi connectivity index (χ2v) is 5.17. The monoisotopic (exact) mass is 322 g/mol. The molecule has 0 aromatic heterocycles. The average Bonchev–Trinajstić information content (AvgIpc) is 2.30. The van der Waals surface area contributed by atoms with Gasteiger partial charge in [-0.15, -0.1) is 0 Å². The van der Waals surface area contributed by atoms with E-state index in [2.05, 4.69) is 27.0 Å². The number of nitrogens with two attached hydrogens (primary N) is 1. The molecule has 0 saturated carbocycles. The zero-order valence-corrected chi connectivity index (χ0v) is 12.3. The van der Waals surface area contributed by atoms with Crippen molar-refractivity contribution in [2.45, 2.75) is 12.8 Å². The highest BCUT2D eigenvalue weighted by atomic mass is 79.9. The Bertz CT molecular complexity index is 336. The van der Waals surface area contributed by atoms with E-state index in [1.165, 1.54) is 0 Å². The van der Waals surface area contributed by atoms with Gasteiger partial charge in [-0.3, -0.25) is 0 Å². The van der Waals surface area contributed by atoms with E-state index in [4.69, 9.17) is 16.3 Å². The molecule has 96 valence electrons. The number of ether oxygens (including phenoxy) is 1. The first-order valence-electron chi connectivity index (χ1n) is 5.93. The summed E-state index contributed by atoms with van der Waals surface area (Å²) in [4.78, 5) is 0. The van der Waals surface area contributed by atoms with Crippen molar-refractivity contribution in [1.82, 2.24) is 0 Å². The highest BCUT2D eigenvalue weighted by Crippen LogP contribution is 2.27. The van der Waals surface area contributed by atoms with Crippen LogP contribution in [0.2, 0.25) is 5.02 Å². The molecule has 1 rings (SSSR count). The summed E-state index contributed by atoms with van der Waals surface area (Å²) in [6.45, 7) is 3.97. The molecule has 17 heavy (non-hydrogen) atoms. The molecule has 0 saturated heterocycles. The fourth-order valence-electron chi connectivity index (χ4n) is 1.45. The van der Waals surface area contributed by atoms with Gasteiger partial charge in [-0.1, -0.05) is 27.5 Å². The van der Waals surface area contributed by atoms with Gasteiger partial charge in [-0.05, 0) is 31.0 Å². The Morgan fingerprint density at radius 1 is 1.29 bits per heavy atom. The first-order valence-corrected chi connectivity index (χ1v) is 7.10. The van der Waals surface area contributed by atoms with Gasteiger partial charge in [0.2, 0.25) is 0 Å². The zero-order valence-electron chi connectivity index (χ0n) is 9.92. The minimum Gasteiger partial charge on any atom is -0.492 e. The molecule has 0 amide bonds. The van der Waals surface area contributed by atoms with Crippen LogP contribution in [0.1, 0.15) is 12.8 Å². The number of hydrogen-bond acceptors (Lipinski definition) is 1. The first kappa shape index (κ1) is 14.8. The van der Waals surface area contributed by atoms with E-state index in [0.717, 1.165) is 49.3 Å². The van der Waals surface area contributed by atoms with Gasteiger partial charge in [0.1, 0.15) is 18.8 Å². The predicted octanol–water partition coefficient (Wildman–Crippen LogP) is 1.07. The summed E-state index contributed by atoms with van der Waals surface area (Å²) >= 11 is 9.41. The molecule has 0 atom stereocenters. The Morgan fingerprint density at radius 3 is 2.82 bits per heavy atom. The molecule has 5 heteroatoms. The second kappa shape index (κ2) is 8.75. The lowest BCUT2D eigenvalue weighted by Crippen LogP contribution is -2.88. The minimum absolute atomic E-state index is 0.656. The summed E-state index contributed by atoms with van der Waals surface area (Å²) < 4.78 is 6.59. The van der Waals surface area contributed by atoms with Gasteiger partial charge >= 0.3 is 0 Å². The van der Waals surface area contributed by atoms with Gasteiger partial charge in [0, 0.05) is 4.47 Å². The zero-order chi connectivity index (χ0) is 12.5. The maximum absolute atomic E-state index is 6.04. The highest BCUT2D eigenvalue weighted by Gasteiger charge is 2.01. The van der Waals surface area contributed by atoms with Crippen LogP contribution in [0, 0.1) is 0 Å². The van der Waals surface area contributed by atoms with Crippen molar-refractivity contribution in [2.75, 3.05) is 26.2 Å². The third-order valence-corrected chi connectivity index (χ3v) is 3.15. The van der Waals surface area contributed by atoms with Crippen molar-refractivity contribution in [1.29, 1.82) is 0 Å². The third-order valence-electron chi connectivity index (χ3n) is 2.36. The minimum atomic E-state index is 0.656. The summed E-state index contributed by atoms with van der Waals surface area (Å²) in [6.07, 6.45) is 2.22. The van der Waals surface area contributed by atoms with Crippen LogP contribution in [0.4, 0.5) is 0 Å². The number of halogens is 2. The van der Waals surface area contributed by atoms with E-state index in [0.29, 0.717) is 5.02 Å². The first-order chi connectivity index (χ1) is 8.24. The number of benzene rings is 1. The van der Waals surface area contributed by atoms with Crippen molar-refractivity contribution >= 4 is 27.5 Å². The largest absolute Gasteiger partial charge is 0.492 e. The Labute approximate surface area is 116 Å². The molecule has 0 fully saturated rings. The Balaban J connectivity index is 2.14. The Kier molecular flexibility index (Phi) is 7.60. The van der Waals surface area contributed by atoms with E-state index >= 15 is 0 Å². The normalized spacial score (nSPS) is 10.5. The number of hydrogen-bond donors (Lipinski definition) is 2.